The lowest BCUT2D eigenvalue weighted by molar-refractivity contribution is 1.18. The molecule has 4 aromatic heterocycles. The summed E-state index contributed by atoms with van der Waals surface area (Å²) in [5.41, 5.74) is 10.7. The first-order chi connectivity index (χ1) is 20.8. The number of benzene rings is 5. The molecule has 9 aromatic rings. The molecule has 4 nitrogen and oxygen atoms in total. The quantitative estimate of drug-likeness (QED) is 0.225. The highest BCUT2D eigenvalue weighted by Crippen LogP contribution is 2.37. The molecule has 0 aliphatic heterocycles. The minimum absolute atomic E-state index is 0.875. The fourth-order valence-electron chi connectivity index (χ4n) is 6.41. The van der Waals surface area contributed by atoms with Gasteiger partial charge in [0.05, 0.1) is 16.7 Å². The third-order valence-electron chi connectivity index (χ3n) is 8.32. The van der Waals surface area contributed by atoms with Crippen LogP contribution < -0.4 is 0 Å². The first-order valence-corrected chi connectivity index (χ1v) is 14.2. The summed E-state index contributed by atoms with van der Waals surface area (Å²) in [7, 11) is 0. The molecule has 42 heavy (non-hydrogen) atoms. The lowest BCUT2D eigenvalue weighted by Gasteiger charge is -2.10. The topological polar surface area (TPSA) is 35.1 Å². The smallest absolute Gasteiger partial charge is 0.165 e. The summed E-state index contributed by atoms with van der Waals surface area (Å²) >= 11 is 0. The van der Waals surface area contributed by atoms with E-state index in [-0.39, 0.29) is 0 Å². The lowest BCUT2D eigenvalue weighted by atomic mass is 9.97. The van der Waals surface area contributed by atoms with Gasteiger partial charge in [0.1, 0.15) is 11.2 Å². The van der Waals surface area contributed by atoms with Gasteiger partial charge in [0.15, 0.2) is 5.65 Å². The van der Waals surface area contributed by atoms with Crippen molar-refractivity contribution in [3.63, 3.8) is 0 Å². The minimum atomic E-state index is 0.875. The molecule has 0 unspecified atom stereocenters. The van der Waals surface area contributed by atoms with Crippen molar-refractivity contribution in [1.82, 2.24) is 18.9 Å². The summed E-state index contributed by atoms with van der Waals surface area (Å²) in [6.45, 7) is 0. The Labute approximate surface area is 241 Å². The molecule has 4 heterocycles. The first-order valence-electron chi connectivity index (χ1n) is 14.2. The van der Waals surface area contributed by atoms with E-state index in [1.807, 2.05) is 24.4 Å². The van der Waals surface area contributed by atoms with Crippen LogP contribution in [0.25, 0.3) is 77.5 Å². The Balaban J connectivity index is 1.25. The highest BCUT2D eigenvalue weighted by atomic mass is 15.1. The number of hydrogen-bond acceptors (Lipinski definition) is 2. The van der Waals surface area contributed by atoms with Crippen LogP contribution in [0.2, 0.25) is 0 Å². The van der Waals surface area contributed by atoms with Crippen LogP contribution in [-0.2, 0) is 0 Å². The van der Waals surface area contributed by atoms with Crippen molar-refractivity contribution in [2.45, 2.75) is 0 Å². The van der Waals surface area contributed by atoms with Crippen LogP contribution in [0, 0.1) is 0 Å². The standard InChI is InChI=1S/C38H24N4/c1-2-13-28(14-3-1)42-33-18-7-6-15-29(33)32-24-26(20-21-34(32)42)25-11-10-12-27(23-25)36-30-16-4-5-17-31(30)37-38(40-36)41-22-9-8-19-35(41)39-37/h1-24H. The van der Waals surface area contributed by atoms with E-state index < -0.39 is 0 Å². The van der Waals surface area contributed by atoms with Crippen molar-refractivity contribution in [3.8, 4) is 28.1 Å². The summed E-state index contributed by atoms with van der Waals surface area (Å²) in [4.78, 5) is 10.1. The maximum Gasteiger partial charge on any atom is 0.165 e. The molecule has 4 heteroatoms. The van der Waals surface area contributed by atoms with E-state index in [9.17, 15) is 0 Å². The number of fused-ring (bicyclic) bond motifs is 8. The van der Waals surface area contributed by atoms with E-state index in [2.05, 4.69) is 130 Å². The van der Waals surface area contributed by atoms with Gasteiger partial charge < -0.3 is 4.57 Å². The van der Waals surface area contributed by atoms with E-state index in [1.54, 1.807) is 0 Å². The van der Waals surface area contributed by atoms with Gasteiger partial charge in [0.25, 0.3) is 0 Å². The second-order valence-electron chi connectivity index (χ2n) is 10.7. The summed E-state index contributed by atoms with van der Waals surface area (Å²) in [5.74, 6) is 0. The summed E-state index contributed by atoms with van der Waals surface area (Å²) in [6.07, 6.45) is 2.04. The molecule has 0 spiro atoms. The zero-order valence-corrected chi connectivity index (χ0v) is 22.6. The molecule has 0 bridgehead atoms. The largest absolute Gasteiger partial charge is 0.309 e. The average Bonchev–Trinajstić information content (AvgIpc) is 3.60. The van der Waals surface area contributed by atoms with E-state index in [0.29, 0.717) is 0 Å². The van der Waals surface area contributed by atoms with E-state index in [0.717, 1.165) is 44.4 Å². The van der Waals surface area contributed by atoms with Crippen LogP contribution in [0.4, 0.5) is 0 Å². The number of pyridine rings is 2. The molecule has 0 saturated carbocycles. The van der Waals surface area contributed by atoms with E-state index in [4.69, 9.17) is 9.97 Å². The molecule has 0 radical (unpaired) electrons. The molecule has 0 saturated heterocycles. The predicted octanol–water partition coefficient (Wildman–Crippen LogP) is 9.47. The monoisotopic (exact) mass is 536 g/mol. The Morgan fingerprint density at radius 2 is 1.17 bits per heavy atom. The van der Waals surface area contributed by atoms with Crippen LogP contribution in [0.3, 0.4) is 0 Å². The number of rotatable bonds is 3. The third-order valence-corrected chi connectivity index (χ3v) is 8.32. The Morgan fingerprint density at radius 1 is 0.452 bits per heavy atom. The number of nitrogens with zero attached hydrogens (tertiary/aromatic N) is 4. The minimum Gasteiger partial charge on any atom is -0.309 e. The molecule has 0 aliphatic rings. The number of hydrogen-bond donors (Lipinski definition) is 0. The van der Waals surface area contributed by atoms with Gasteiger partial charge in [-0.15, -0.1) is 0 Å². The van der Waals surface area contributed by atoms with Crippen molar-refractivity contribution in [1.29, 1.82) is 0 Å². The zero-order valence-electron chi connectivity index (χ0n) is 22.6. The molecular formula is C38H24N4. The van der Waals surface area contributed by atoms with Crippen LogP contribution in [0.1, 0.15) is 0 Å². The summed E-state index contributed by atoms with van der Waals surface area (Å²) in [6, 6.07) is 49.3. The van der Waals surface area contributed by atoms with Crippen molar-refractivity contribution in [2.75, 3.05) is 0 Å². The van der Waals surface area contributed by atoms with Gasteiger partial charge in [-0.05, 0) is 59.7 Å². The van der Waals surface area contributed by atoms with Crippen LogP contribution in [0.5, 0.6) is 0 Å². The Bertz CT molecular complexity index is 2470. The second-order valence-corrected chi connectivity index (χ2v) is 10.7. The maximum absolute atomic E-state index is 5.22. The normalized spacial score (nSPS) is 11.8. The van der Waals surface area contributed by atoms with Crippen LogP contribution in [-0.4, -0.2) is 18.9 Å². The lowest BCUT2D eigenvalue weighted by Crippen LogP contribution is -1.93. The Morgan fingerprint density at radius 3 is 2.07 bits per heavy atom. The Hall–Kier alpha value is -5.74. The van der Waals surface area contributed by atoms with Crippen LogP contribution in [0.15, 0.2) is 146 Å². The highest BCUT2D eigenvalue weighted by molar-refractivity contribution is 6.11. The molecule has 0 amide bonds. The zero-order chi connectivity index (χ0) is 27.6. The molecule has 0 aliphatic carbocycles. The molecular weight excluding hydrogens is 512 g/mol. The number of imidazole rings is 1. The van der Waals surface area contributed by atoms with Crippen molar-refractivity contribution in [3.05, 3.63) is 146 Å². The molecule has 0 atom stereocenters. The van der Waals surface area contributed by atoms with Crippen molar-refractivity contribution >= 4 is 49.4 Å². The van der Waals surface area contributed by atoms with E-state index in [1.165, 1.54) is 33.1 Å². The SMILES string of the molecule is c1ccc(-n2c3ccccc3c3cc(-c4cccc(-c5nc6c(nc7ccccn76)c6ccccc56)c4)ccc32)cc1. The van der Waals surface area contributed by atoms with Gasteiger partial charge in [0, 0.05) is 39.0 Å². The molecule has 0 fully saturated rings. The van der Waals surface area contributed by atoms with Crippen molar-refractivity contribution in [2.24, 2.45) is 0 Å². The van der Waals surface area contributed by atoms with Gasteiger partial charge >= 0.3 is 0 Å². The summed E-state index contributed by atoms with van der Waals surface area (Å²) in [5, 5.41) is 4.71. The van der Waals surface area contributed by atoms with Gasteiger partial charge in [-0.2, -0.15) is 0 Å². The highest BCUT2D eigenvalue weighted by Gasteiger charge is 2.16. The third kappa shape index (κ3) is 3.36. The first kappa shape index (κ1) is 23.0. The molecule has 0 N–H and O–H groups in total. The number of aromatic nitrogens is 4. The Kier molecular flexibility index (Phi) is 4.87. The van der Waals surface area contributed by atoms with Crippen molar-refractivity contribution < 1.29 is 0 Å². The van der Waals surface area contributed by atoms with Gasteiger partial charge in [-0.3, -0.25) is 4.40 Å². The maximum atomic E-state index is 5.22. The molecule has 9 rings (SSSR count). The van der Waals surface area contributed by atoms with Gasteiger partial charge in [0.2, 0.25) is 0 Å². The predicted molar refractivity (Wildman–Crippen MR) is 173 cm³/mol. The van der Waals surface area contributed by atoms with Gasteiger partial charge in [-0.1, -0.05) is 91.0 Å². The fourth-order valence-corrected chi connectivity index (χ4v) is 6.41. The van der Waals surface area contributed by atoms with Crippen LogP contribution >= 0.6 is 0 Å². The second kappa shape index (κ2) is 8.88. The average molecular weight is 537 g/mol. The van der Waals surface area contributed by atoms with Gasteiger partial charge in [-0.25, -0.2) is 9.97 Å². The molecule has 5 aromatic carbocycles. The molecule has 196 valence electrons. The number of para-hydroxylation sites is 2. The fraction of sp³-hybridized carbons (Fsp3) is 0. The van der Waals surface area contributed by atoms with E-state index >= 15 is 0 Å². The summed E-state index contributed by atoms with van der Waals surface area (Å²) < 4.78 is 4.43.